The van der Waals surface area contributed by atoms with Gasteiger partial charge >= 0.3 is 11.9 Å². The zero-order valence-corrected chi connectivity index (χ0v) is 13.9. The van der Waals surface area contributed by atoms with Crippen molar-refractivity contribution in [3.05, 3.63) is 11.1 Å². The lowest BCUT2D eigenvalue weighted by molar-refractivity contribution is -0.746. The van der Waals surface area contributed by atoms with E-state index in [0.29, 0.717) is 6.16 Å². The first kappa shape index (κ1) is 19.8. The molecule has 0 fully saturated rings. The molecule has 0 bridgehead atoms. The third kappa shape index (κ3) is 5.26. The molecule has 0 aromatic rings. The predicted molar refractivity (Wildman–Crippen MR) is 79.7 cm³/mol. The second-order valence-electron chi connectivity index (χ2n) is 5.62. The number of hydrogen-bond acceptors (Lipinski definition) is 4. The second-order valence-corrected chi connectivity index (χ2v) is 9.59. The minimum Gasteiger partial charge on any atom is -0.478 e. The highest BCUT2D eigenvalue weighted by atomic mass is 31.2. The topological polar surface area (TPSA) is 112 Å². The molecule has 0 radical (unpaired) electrons. The first-order chi connectivity index (χ1) is 9.50. The van der Waals surface area contributed by atoms with Gasteiger partial charge in [0.2, 0.25) is 7.29 Å². The van der Waals surface area contributed by atoms with E-state index in [9.17, 15) is 19.3 Å². The van der Waals surface area contributed by atoms with Crippen LogP contribution in [0, 0.1) is 0 Å². The number of quaternary nitrogens is 1. The predicted octanol–water partition coefficient (Wildman–Crippen LogP) is 1.23. The number of aliphatic carboxylic acids is 2. The molecule has 0 aliphatic carbocycles. The average molecular weight is 322 g/mol. The highest BCUT2D eigenvalue weighted by Gasteiger charge is 2.36. The number of carboxylic acid groups (broad SMARTS) is 2. The molecule has 0 aliphatic heterocycles. The van der Waals surface area contributed by atoms with Crippen LogP contribution in [0.1, 0.15) is 19.8 Å². The van der Waals surface area contributed by atoms with Gasteiger partial charge in [-0.05, 0) is 6.42 Å². The van der Waals surface area contributed by atoms with Crippen LogP contribution in [-0.2, 0) is 14.2 Å². The Kier molecular flexibility index (Phi) is 7.30. The molecule has 0 saturated heterocycles. The summed E-state index contributed by atoms with van der Waals surface area (Å²) in [6.07, 6.45) is 0.206. The van der Waals surface area contributed by atoms with E-state index in [2.05, 4.69) is 0 Å². The minimum atomic E-state index is -2.68. The van der Waals surface area contributed by atoms with Gasteiger partial charge < -0.3 is 15.3 Å². The van der Waals surface area contributed by atoms with Crippen molar-refractivity contribution in [2.45, 2.75) is 19.8 Å². The summed E-state index contributed by atoms with van der Waals surface area (Å²) in [5, 5.41) is 27.1. The molecule has 7 nitrogen and oxygen atoms in total. The van der Waals surface area contributed by atoms with Gasteiger partial charge in [-0.3, -0.25) is 8.82 Å². The van der Waals surface area contributed by atoms with E-state index in [-0.39, 0.29) is 34.4 Å². The SMILES string of the molecule is CCP(=O)(CC/C(C(=O)O)=C(/CCO)C(=O)O)[N+](C)(C)C. The highest BCUT2D eigenvalue weighted by Crippen LogP contribution is 2.53. The maximum atomic E-state index is 12.8. The van der Waals surface area contributed by atoms with Gasteiger partial charge in [0.05, 0.1) is 27.3 Å². The Morgan fingerprint density at radius 2 is 1.43 bits per heavy atom. The molecule has 0 rings (SSSR count). The molecule has 0 amide bonds. The number of carboxylic acids is 2. The van der Waals surface area contributed by atoms with Crippen molar-refractivity contribution in [1.29, 1.82) is 0 Å². The first-order valence-corrected chi connectivity index (χ1v) is 8.72. The quantitative estimate of drug-likeness (QED) is 0.435. The van der Waals surface area contributed by atoms with Gasteiger partial charge in [0.25, 0.3) is 0 Å². The van der Waals surface area contributed by atoms with Gasteiger partial charge in [-0.15, -0.1) is 0 Å². The summed E-state index contributed by atoms with van der Waals surface area (Å²) in [4.78, 5) is 22.4. The van der Waals surface area contributed by atoms with Crippen molar-refractivity contribution in [1.82, 2.24) is 0 Å². The molecule has 8 heteroatoms. The van der Waals surface area contributed by atoms with Gasteiger partial charge in [-0.2, -0.15) is 0 Å². The molecule has 0 saturated carbocycles. The van der Waals surface area contributed by atoms with Crippen LogP contribution in [-0.4, -0.2) is 71.6 Å². The number of rotatable bonds is 9. The smallest absolute Gasteiger partial charge is 0.332 e. The summed E-state index contributed by atoms with van der Waals surface area (Å²) in [7, 11) is 2.65. The van der Waals surface area contributed by atoms with Crippen LogP contribution >= 0.6 is 7.29 Å². The second kappa shape index (κ2) is 7.73. The van der Waals surface area contributed by atoms with Gasteiger partial charge in [-0.1, -0.05) is 6.92 Å². The highest BCUT2D eigenvalue weighted by molar-refractivity contribution is 7.58. The van der Waals surface area contributed by atoms with Crippen molar-refractivity contribution >= 4 is 19.2 Å². The summed E-state index contributed by atoms with van der Waals surface area (Å²) in [5.41, 5.74) is -0.604. The molecule has 1 atom stereocenters. The van der Waals surface area contributed by atoms with Crippen LogP contribution in [0.2, 0.25) is 0 Å². The zero-order valence-electron chi connectivity index (χ0n) is 13.0. The molecular formula is C13H25NO6P+. The molecule has 21 heavy (non-hydrogen) atoms. The summed E-state index contributed by atoms with van der Waals surface area (Å²) in [6.45, 7) is 1.33. The van der Waals surface area contributed by atoms with Crippen molar-refractivity contribution < 1.29 is 33.7 Å². The van der Waals surface area contributed by atoms with Crippen LogP contribution in [0.4, 0.5) is 0 Å². The normalized spacial score (nSPS) is 16.0. The molecule has 0 aliphatic rings. The lowest BCUT2D eigenvalue weighted by atomic mass is 10.0. The fraction of sp³-hybridized carbons (Fsp3) is 0.692. The first-order valence-electron chi connectivity index (χ1n) is 6.69. The van der Waals surface area contributed by atoms with Gasteiger partial charge in [0.1, 0.15) is 0 Å². The van der Waals surface area contributed by atoms with Gasteiger partial charge in [0, 0.05) is 30.3 Å². The van der Waals surface area contributed by atoms with Crippen LogP contribution in [0.3, 0.4) is 0 Å². The Morgan fingerprint density at radius 3 is 1.71 bits per heavy atom. The standard InChI is InChI=1S/C13H24NO6P/c1-5-21(20,14(2,3)4)9-7-11(13(18)19)10(6-8-15)12(16)17/h15H,5-9H2,1-4H3,(H-,16,17,18,19)/p+1/b11-10+. The van der Waals surface area contributed by atoms with Gasteiger partial charge in [0.15, 0.2) is 0 Å². The molecule has 0 aromatic heterocycles. The van der Waals surface area contributed by atoms with E-state index in [0.717, 1.165) is 0 Å². The molecule has 1 unspecified atom stereocenters. The Morgan fingerprint density at radius 1 is 1.00 bits per heavy atom. The third-order valence-corrected chi connectivity index (χ3v) is 7.64. The number of aliphatic hydroxyl groups excluding tert-OH is 1. The van der Waals surface area contributed by atoms with Crippen LogP contribution < -0.4 is 0 Å². The monoisotopic (exact) mass is 322 g/mol. The van der Waals surface area contributed by atoms with E-state index in [1.54, 1.807) is 28.1 Å². The lowest BCUT2D eigenvalue weighted by Crippen LogP contribution is -2.33. The van der Waals surface area contributed by atoms with E-state index in [1.807, 2.05) is 0 Å². The lowest BCUT2D eigenvalue weighted by Gasteiger charge is -2.33. The summed E-state index contributed by atoms with van der Waals surface area (Å²) < 4.78 is 13.1. The Balaban J connectivity index is 5.48. The van der Waals surface area contributed by atoms with E-state index in [1.165, 1.54) is 0 Å². The molecule has 0 spiro atoms. The summed E-state index contributed by atoms with van der Waals surface area (Å²) in [6, 6.07) is 0. The Hall–Kier alpha value is -1.17. The van der Waals surface area contributed by atoms with E-state index < -0.39 is 25.8 Å². The molecule has 0 heterocycles. The van der Waals surface area contributed by atoms with E-state index in [4.69, 9.17) is 10.2 Å². The van der Waals surface area contributed by atoms with Crippen molar-refractivity contribution in [2.24, 2.45) is 0 Å². The fourth-order valence-electron chi connectivity index (χ4n) is 2.05. The average Bonchev–Trinajstić information content (AvgIpc) is 2.35. The van der Waals surface area contributed by atoms with E-state index >= 15 is 0 Å². The summed E-state index contributed by atoms with van der Waals surface area (Å²) in [5.74, 6) is -2.71. The molecule has 0 aromatic carbocycles. The van der Waals surface area contributed by atoms with Gasteiger partial charge in [-0.25, -0.2) is 9.59 Å². The molecular weight excluding hydrogens is 297 g/mol. The largest absolute Gasteiger partial charge is 0.478 e. The number of carbonyl (C=O) groups is 2. The number of aliphatic hydroxyl groups is 1. The molecule has 3 N–H and O–H groups in total. The summed E-state index contributed by atoms with van der Waals surface area (Å²) >= 11 is 0. The Bertz CT molecular complexity index is 478. The van der Waals surface area contributed by atoms with Crippen LogP contribution in [0.5, 0.6) is 0 Å². The fourth-order valence-corrected chi connectivity index (χ4v) is 4.39. The van der Waals surface area contributed by atoms with Crippen molar-refractivity contribution in [3.63, 3.8) is 0 Å². The van der Waals surface area contributed by atoms with Crippen molar-refractivity contribution in [3.8, 4) is 0 Å². The van der Waals surface area contributed by atoms with Crippen LogP contribution in [0.25, 0.3) is 0 Å². The zero-order chi connectivity index (χ0) is 16.8. The molecule has 122 valence electrons. The Labute approximate surface area is 124 Å². The maximum absolute atomic E-state index is 12.8. The minimum absolute atomic E-state index is 0.0857. The maximum Gasteiger partial charge on any atom is 0.332 e. The number of hydrogen-bond donors (Lipinski definition) is 3. The van der Waals surface area contributed by atoms with Crippen molar-refractivity contribution in [2.75, 3.05) is 40.1 Å². The third-order valence-electron chi connectivity index (χ3n) is 3.54. The van der Waals surface area contributed by atoms with Crippen LogP contribution in [0.15, 0.2) is 11.1 Å². The number of nitrogens with zero attached hydrogens (tertiary/aromatic N) is 1.